The first kappa shape index (κ1) is 21.9. The number of thioether (sulfide) groups is 1. The molecule has 0 saturated heterocycles. The van der Waals surface area contributed by atoms with Gasteiger partial charge in [0, 0.05) is 12.6 Å². The van der Waals surface area contributed by atoms with Crippen molar-refractivity contribution in [1.29, 1.82) is 0 Å². The number of nitrogens with one attached hydrogen (secondary N) is 2. The summed E-state index contributed by atoms with van der Waals surface area (Å²) in [6, 6.07) is 5.46. The van der Waals surface area contributed by atoms with Crippen molar-refractivity contribution in [2.45, 2.75) is 43.8 Å². The molecule has 2 rings (SSSR count). The smallest absolute Gasteiger partial charge is 0.338 e. The van der Waals surface area contributed by atoms with Gasteiger partial charge in [0.1, 0.15) is 0 Å². The summed E-state index contributed by atoms with van der Waals surface area (Å²) in [4.78, 5) is 26.6. The molecule has 0 radical (unpaired) electrons. The van der Waals surface area contributed by atoms with E-state index < -0.39 is 16.1 Å². The third-order valence-corrected chi connectivity index (χ3v) is 5.44. The first-order valence-corrected chi connectivity index (χ1v) is 11.3. The van der Waals surface area contributed by atoms with Crippen LogP contribution in [0.4, 0.5) is 16.7 Å². The highest BCUT2D eigenvalue weighted by Crippen LogP contribution is 2.18. The molecular weight excluding hydrogens is 400 g/mol. The van der Waals surface area contributed by atoms with Gasteiger partial charge in [-0.25, -0.2) is 17.9 Å². The number of benzene rings is 1. The van der Waals surface area contributed by atoms with E-state index in [2.05, 4.69) is 25.0 Å². The second-order valence-corrected chi connectivity index (χ2v) is 8.67. The molecular formula is C17H24N6O3S2. The Morgan fingerprint density at radius 3 is 2.36 bits per heavy atom. The van der Waals surface area contributed by atoms with Crippen LogP contribution in [0, 0.1) is 6.92 Å². The number of nitrogens with zero attached hydrogens (tertiary/aromatic N) is 4. The molecule has 0 atom stereocenters. The molecule has 1 aromatic heterocycles. The summed E-state index contributed by atoms with van der Waals surface area (Å²) < 4.78 is 27.1. The van der Waals surface area contributed by atoms with Crippen molar-refractivity contribution < 1.29 is 13.2 Å². The Bertz CT molecular complexity index is 932. The number of aryl methyl sites for hydroxylation is 1. The Balaban J connectivity index is 2.31. The van der Waals surface area contributed by atoms with Crippen molar-refractivity contribution in [2.24, 2.45) is 0 Å². The van der Waals surface area contributed by atoms with Crippen LogP contribution in [0.15, 0.2) is 34.3 Å². The van der Waals surface area contributed by atoms with Crippen LogP contribution in [-0.2, 0) is 10.0 Å². The van der Waals surface area contributed by atoms with E-state index in [9.17, 15) is 13.2 Å². The van der Waals surface area contributed by atoms with E-state index in [0.29, 0.717) is 11.1 Å². The number of hydrogen-bond donors (Lipinski definition) is 2. The Labute approximate surface area is 169 Å². The summed E-state index contributed by atoms with van der Waals surface area (Å²) >= 11 is 1.30. The van der Waals surface area contributed by atoms with Crippen molar-refractivity contribution in [1.82, 2.24) is 19.7 Å². The van der Waals surface area contributed by atoms with Gasteiger partial charge in [-0.05, 0) is 46.1 Å². The van der Waals surface area contributed by atoms with E-state index in [4.69, 9.17) is 0 Å². The molecule has 1 heterocycles. The predicted molar refractivity (Wildman–Crippen MR) is 110 cm³/mol. The number of rotatable bonds is 7. The van der Waals surface area contributed by atoms with Crippen molar-refractivity contribution in [3.05, 3.63) is 29.8 Å². The molecule has 2 N–H and O–H groups in total. The molecule has 0 bridgehead atoms. The van der Waals surface area contributed by atoms with E-state index in [1.807, 2.05) is 20.8 Å². The molecule has 0 aliphatic rings. The fraction of sp³-hybridized carbons (Fsp3) is 0.412. The number of carbonyl (C=O) groups is 1. The van der Waals surface area contributed by atoms with Crippen LogP contribution in [0.2, 0.25) is 0 Å². The molecule has 0 fully saturated rings. The van der Waals surface area contributed by atoms with Crippen LogP contribution < -0.4 is 14.9 Å². The van der Waals surface area contributed by atoms with E-state index in [1.54, 1.807) is 25.3 Å². The van der Waals surface area contributed by atoms with Crippen LogP contribution in [-0.4, -0.2) is 48.2 Å². The summed E-state index contributed by atoms with van der Waals surface area (Å²) in [6.45, 7) is 7.59. The number of aromatic nitrogens is 3. The Kier molecular flexibility index (Phi) is 7.19. The van der Waals surface area contributed by atoms with Crippen molar-refractivity contribution >= 4 is 39.7 Å². The molecule has 1 aromatic carbocycles. The zero-order chi connectivity index (χ0) is 20.9. The molecule has 2 amide bonds. The normalized spacial score (nSPS) is 11.4. The molecule has 28 heavy (non-hydrogen) atoms. The first-order chi connectivity index (χ1) is 13.2. The number of sulfonamides is 1. The number of anilines is 2. The van der Waals surface area contributed by atoms with Gasteiger partial charge in [0.25, 0.3) is 10.0 Å². The number of urea groups is 1. The number of carbonyl (C=O) groups excluding carboxylic acids is 1. The zero-order valence-corrected chi connectivity index (χ0v) is 18.1. The van der Waals surface area contributed by atoms with Crippen molar-refractivity contribution in [3.8, 4) is 0 Å². The summed E-state index contributed by atoms with van der Waals surface area (Å²) in [5, 5.41) is 3.48. The average molecular weight is 425 g/mol. The standard InChI is InChI=1S/C17H24N6O3S2/c1-6-23(15-19-14(18-11(2)3)20-16(21-15)27-5)17(24)22-28(25,26)13-9-7-12(4)8-10-13/h7-11H,6H2,1-5H3,(H,22,24)(H,18,19,20,21). The molecule has 0 saturated carbocycles. The van der Waals surface area contributed by atoms with E-state index in [0.717, 1.165) is 10.5 Å². The minimum absolute atomic E-state index is 0.00474. The minimum Gasteiger partial charge on any atom is -0.352 e. The minimum atomic E-state index is -4.02. The molecule has 2 aromatic rings. The number of amides is 2. The molecule has 0 spiro atoms. The van der Waals surface area contributed by atoms with Gasteiger partial charge in [-0.3, -0.25) is 4.90 Å². The highest BCUT2D eigenvalue weighted by molar-refractivity contribution is 7.98. The van der Waals surface area contributed by atoms with Crippen molar-refractivity contribution in [2.75, 3.05) is 23.0 Å². The Morgan fingerprint density at radius 1 is 1.18 bits per heavy atom. The monoisotopic (exact) mass is 424 g/mol. The van der Waals surface area contributed by atoms with E-state index in [-0.39, 0.29) is 23.4 Å². The lowest BCUT2D eigenvalue weighted by atomic mass is 10.2. The van der Waals surface area contributed by atoms with Crippen LogP contribution >= 0.6 is 11.8 Å². The highest BCUT2D eigenvalue weighted by Gasteiger charge is 2.24. The molecule has 0 unspecified atom stereocenters. The van der Waals surface area contributed by atoms with Gasteiger partial charge in [-0.1, -0.05) is 29.5 Å². The highest BCUT2D eigenvalue weighted by atomic mass is 32.2. The summed E-state index contributed by atoms with van der Waals surface area (Å²) in [5.41, 5.74) is 0.917. The molecule has 152 valence electrons. The third-order valence-electron chi connectivity index (χ3n) is 3.56. The first-order valence-electron chi connectivity index (χ1n) is 8.64. The van der Waals surface area contributed by atoms with Gasteiger partial charge in [-0.15, -0.1) is 0 Å². The van der Waals surface area contributed by atoms with Crippen LogP contribution in [0.25, 0.3) is 0 Å². The molecule has 9 nitrogen and oxygen atoms in total. The van der Waals surface area contributed by atoms with Gasteiger partial charge in [0.05, 0.1) is 4.90 Å². The molecule has 0 aliphatic carbocycles. The van der Waals surface area contributed by atoms with Gasteiger partial charge < -0.3 is 5.32 Å². The van der Waals surface area contributed by atoms with Crippen LogP contribution in [0.3, 0.4) is 0 Å². The second kappa shape index (κ2) is 9.20. The maximum atomic E-state index is 12.7. The predicted octanol–water partition coefficient (Wildman–Crippen LogP) is 2.65. The SMILES string of the molecule is CCN(C(=O)NS(=O)(=O)c1ccc(C)cc1)c1nc(NC(C)C)nc(SC)n1. The largest absolute Gasteiger partial charge is 0.352 e. The Morgan fingerprint density at radius 2 is 1.82 bits per heavy atom. The third kappa shape index (κ3) is 5.55. The van der Waals surface area contributed by atoms with Gasteiger partial charge >= 0.3 is 6.03 Å². The summed E-state index contributed by atoms with van der Waals surface area (Å²) in [5.74, 6) is 0.388. The van der Waals surface area contributed by atoms with Crippen LogP contribution in [0.1, 0.15) is 26.3 Å². The Hall–Kier alpha value is -2.40. The van der Waals surface area contributed by atoms with E-state index in [1.165, 1.54) is 23.9 Å². The average Bonchev–Trinajstić information content (AvgIpc) is 2.61. The van der Waals surface area contributed by atoms with E-state index >= 15 is 0 Å². The summed E-state index contributed by atoms with van der Waals surface area (Å²) in [6.07, 6.45) is 1.80. The molecule has 0 aliphatic heterocycles. The maximum absolute atomic E-state index is 12.7. The van der Waals surface area contributed by atoms with Gasteiger partial charge in [0.2, 0.25) is 11.9 Å². The second-order valence-electron chi connectivity index (χ2n) is 6.21. The lowest BCUT2D eigenvalue weighted by Gasteiger charge is -2.20. The van der Waals surface area contributed by atoms with Crippen molar-refractivity contribution in [3.63, 3.8) is 0 Å². The lowest BCUT2D eigenvalue weighted by molar-refractivity contribution is 0.251. The maximum Gasteiger partial charge on any atom is 0.338 e. The summed E-state index contributed by atoms with van der Waals surface area (Å²) in [7, 11) is -4.02. The molecule has 11 heteroatoms. The van der Waals surface area contributed by atoms with Gasteiger partial charge in [0.15, 0.2) is 5.16 Å². The number of hydrogen-bond acceptors (Lipinski definition) is 8. The van der Waals surface area contributed by atoms with Gasteiger partial charge in [-0.2, -0.15) is 15.0 Å². The topological polar surface area (TPSA) is 117 Å². The van der Waals surface area contributed by atoms with Crippen LogP contribution in [0.5, 0.6) is 0 Å². The zero-order valence-electron chi connectivity index (χ0n) is 16.4. The fourth-order valence-electron chi connectivity index (χ4n) is 2.20. The fourth-order valence-corrected chi connectivity index (χ4v) is 3.51. The quantitative estimate of drug-likeness (QED) is 0.652. The lowest BCUT2D eigenvalue weighted by Crippen LogP contribution is -2.43.